The molecule has 4 saturated carbocycles. The number of fused-ring (bicyclic) bond motifs is 1. The summed E-state index contributed by atoms with van der Waals surface area (Å²) in [4.78, 5) is 44.2. The Hall–Kier alpha value is -3.81. The van der Waals surface area contributed by atoms with Crippen LogP contribution in [0.15, 0.2) is 60.8 Å². The second-order valence-electron chi connectivity index (χ2n) is 12.3. The van der Waals surface area contributed by atoms with Gasteiger partial charge >= 0.3 is 12.1 Å². The molecule has 2 amide bonds. The summed E-state index contributed by atoms with van der Waals surface area (Å²) in [5.74, 6) is 0.791. The Morgan fingerprint density at radius 2 is 1.63 bits per heavy atom. The Balaban J connectivity index is 1.23. The van der Waals surface area contributed by atoms with Crippen LogP contribution in [0.1, 0.15) is 50.2 Å². The predicted octanol–water partition coefficient (Wildman–Crippen LogP) is 5.17. The molecule has 4 aliphatic carbocycles. The number of benzene rings is 2. The molecule has 0 saturated heterocycles. The van der Waals surface area contributed by atoms with Crippen molar-refractivity contribution < 1.29 is 24.2 Å². The number of amides is 2. The van der Waals surface area contributed by atoms with Gasteiger partial charge in [-0.1, -0.05) is 48.5 Å². The van der Waals surface area contributed by atoms with E-state index < -0.39 is 30.1 Å². The van der Waals surface area contributed by atoms with Gasteiger partial charge in [0.05, 0.1) is 0 Å². The van der Waals surface area contributed by atoms with Crippen LogP contribution in [-0.4, -0.2) is 57.7 Å². The number of nitrogens with one attached hydrogen (secondary N) is 2. The fourth-order valence-corrected chi connectivity index (χ4v) is 7.81. The maximum atomic E-state index is 14.1. The van der Waals surface area contributed by atoms with Crippen LogP contribution >= 0.6 is 0 Å². The third-order valence-corrected chi connectivity index (χ3v) is 9.66. The number of H-pyrrole nitrogens is 1. The van der Waals surface area contributed by atoms with E-state index in [-0.39, 0.29) is 19.1 Å². The minimum atomic E-state index is -1.09. The zero-order valence-corrected chi connectivity index (χ0v) is 23.5. The average molecular weight is 558 g/mol. The number of hydrogen-bond donors (Lipinski definition) is 3. The molecule has 1 heterocycles. The highest BCUT2D eigenvalue weighted by Gasteiger charge is 2.50. The molecular formula is C33H39N3O5. The first-order valence-corrected chi connectivity index (χ1v) is 14.9. The summed E-state index contributed by atoms with van der Waals surface area (Å²) in [6, 6.07) is 15.4. The van der Waals surface area contributed by atoms with Crippen molar-refractivity contribution in [3.8, 4) is 0 Å². The number of aliphatic carboxylic acids is 1. The summed E-state index contributed by atoms with van der Waals surface area (Å²) in [5.41, 5.74) is 2.81. The minimum Gasteiger partial charge on any atom is -0.480 e. The first kappa shape index (κ1) is 27.4. The number of carbonyl (C=O) groups excluding carboxylic acids is 2. The Bertz CT molecular complexity index is 1370. The van der Waals surface area contributed by atoms with E-state index in [0.29, 0.717) is 18.3 Å². The van der Waals surface area contributed by atoms with E-state index in [4.69, 9.17) is 4.74 Å². The second kappa shape index (κ2) is 11.6. The van der Waals surface area contributed by atoms with Gasteiger partial charge in [-0.25, -0.2) is 9.59 Å². The molecular weight excluding hydrogens is 518 g/mol. The van der Waals surface area contributed by atoms with Crippen LogP contribution < -0.4 is 5.32 Å². The van der Waals surface area contributed by atoms with Gasteiger partial charge in [0, 0.05) is 30.1 Å². The molecule has 0 spiro atoms. The third kappa shape index (κ3) is 5.83. The first-order chi connectivity index (χ1) is 19.9. The van der Waals surface area contributed by atoms with E-state index in [9.17, 15) is 19.5 Å². The molecule has 216 valence electrons. The molecule has 4 fully saturated rings. The first-order valence-electron chi connectivity index (χ1n) is 14.9. The van der Waals surface area contributed by atoms with Crippen molar-refractivity contribution in [3.63, 3.8) is 0 Å². The van der Waals surface area contributed by atoms with Crippen LogP contribution in [0, 0.1) is 23.7 Å². The number of ether oxygens (including phenoxy) is 1. The largest absolute Gasteiger partial charge is 0.480 e. The standard InChI is InChI=1S/C33H39N3O5/c1-20(32(38)39)36(12-11-21-7-3-2-4-8-21)31(37)29(18-26-19-34-28-10-6-5-9-27(26)28)35-33(40)41-30-24-14-22-13-23(16-24)17-25(30)15-22/h2-10,19-20,22-25,29-30,34H,11-18H2,1H3,(H,35,40)(H,38,39). The van der Waals surface area contributed by atoms with E-state index >= 15 is 0 Å². The van der Waals surface area contributed by atoms with E-state index in [1.165, 1.54) is 18.2 Å². The van der Waals surface area contributed by atoms with Gasteiger partial charge in [0.25, 0.3) is 0 Å². The highest BCUT2D eigenvalue weighted by Crippen LogP contribution is 2.54. The lowest BCUT2D eigenvalue weighted by atomic mass is 9.55. The van der Waals surface area contributed by atoms with Crippen LogP contribution in [-0.2, 0) is 27.2 Å². The molecule has 3 aromatic rings. The Morgan fingerprint density at radius 1 is 0.976 bits per heavy atom. The van der Waals surface area contributed by atoms with E-state index in [2.05, 4.69) is 10.3 Å². The van der Waals surface area contributed by atoms with Crippen molar-refractivity contribution in [3.05, 3.63) is 71.9 Å². The highest BCUT2D eigenvalue weighted by atomic mass is 16.6. The zero-order valence-electron chi connectivity index (χ0n) is 23.5. The van der Waals surface area contributed by atoms with Crippen LogP contribution in [0.25, 0.3) is 10.9 Å². The second-order valence-corrected chi connectivity index (χ2v) is 12.3. The van der Waals surface area contributed by atoms with Gasteiger partial charge in [-0.15, -0.1) is 0 Å². The summed E-state index contributed by atoms with van der Waals surface area (Å²) in [5, 5.41) is 13.7. The van der Waals surface area contributed by atoms with Crippen molar-refractivity contribution >= 4 is 28.9 Å². The molecule has 8 heteroatoms. The summed E-state index contributed by atoms with van der Waals surface area (Å²) in [6.07, 6.45) is 7.65. The van der Waals surface area contributed by atoms with Crippen LogP contribution in [0.2, 0.25) is 0 Å². The summed E-state index contributed by atoms with van der Waals surface area (Å²) >= 11 is 0. The Kier molecular flexibility index (Phi) is 7.73. The Labute approximate surface area is 240 Å². The van der Waals surface area contributed by atoms with Crippen molar-refractivity contribution in [2.45, 2.75) is 70.1 Å². The molecule has 4 bridgehead atoms. The van der Waals surface area contributed by atoms with Crippen molar-refractivity contribution in [2.75, 3.05) is 6.54 Å². The number of alkyl carbamates (subject to hydrolysis) is 1. The SMILES string of the molecule is CC(C(=O)O)N(CCc1ccccc1)C(=O)C(Cc1c[nH]c2ccccc12)NC(=O)OC1C2CC3CC(C2)CC1C3. The van der Waals surface area contributed by atoms with E-state index in [0.717, 1.165) is 59.5 Å². The van der Waals surface area contributed by atoms with Crippen LogP contribution in [0.4, 0.5) is 4.79 Å². The smallest absolute Gasteiger partial charge is 0.408 e. The molecule has 2 atom stereocenters. The monoisotopic (exact) mass is 557 g/mol. The number of carboxylic acid groups (broad SMARTS) is 1. The van der Waals surface area contributed by atoms with E-state index in [1.807, 2.05) is 60.8 Å². The number of hydrogen-bond acceptors (Lipinski definition) is 4. The lowest BCUT2D eigenvalue weighted by Crippen LogP contribution is -2.56. The van der Waals surface area contributed by atoms with Gasteiger partial charge in [-0.05, 0) is 86.3 Å². The van der Waals surface area contributed by atoms with Gasteiger partial charge in [0.1, 0.15) is 18.2 Å². The topological polar surface area (TPSA) is 112 Å². The molecule has 3 N–H and O–H groups in total. The van der Waals surface area contributed by atoms with E-state index in [1.54, 1.807) is 0 Å². The molecule has 2 aromatic carbocycles. The average Bonchev–Trinajstić information content (AvgIpc) is 3.37. The van der Waals surface area contributed by atoms with Gasteiger partial charge < -0.3 is 25.0 Å². The van der Waals surface area contributed by atoms with Gasteiger partial charge in [0.2, 0.25) is 5.91 Å². The maximum absolute atomic E-state index is 14.1. The number of para-hydroxylation sites is 1. The molecule has 2 unspecified atom stereocenters. The molecule has 8 nitrogen and oxygen atoms in total. The summed E-state index contributed by atoms with van der Waals surface area (Å²) in [7, 11) is 0. The third-order valence-electron chi connectivity index (χ3n) is 9.66. The number of aromatic nitrogens is 1. The van der Waals surface area contributed by atoms with Crippen molar-refractivity contribution in [1.29, 1.82) is 0 Å². The highest BCUT2D eigenvalue weighted by molar-refractivity contribution is 5.91. The molecule has 1 aromatic heterocycles. The zero-order chi connectivity index (χ0) is 28.5. The molecule has 0 aliphatic heterocycles. The van der Waals surface area contributed by atoms with Gasteiger partial charge in [-0.2, -0.15) is 0 Å². The molecule has 4 aliphatic rings. The number of nitrogens with zero attached hydrogens (tertiary/aromatic N) is 1. The Morgan fingerprint density at radius 3 is 2.32 bits per heavy atom. The number of carbonyl (C=O) groups is 3. The predicted molar refractivity (Wildman–Crippen MR) is 155 cm³/mol. The number of carboxylic acids is 1. The lowest BCUT2D eigenvalue weighted by molar-refractivity contribution is -0.150. The molecule has 0 radical (unpaired) electrons. The number of rotatable bonds is 10. The van der Waals surface area contributed by atoms with Gasteiger partial charge in [-0.3, -0.25) is 4.79 Å². The quantitative estimate of drug-likeness (QED) is 0.318. The number of aromatic amines is 1. The molecule has 7 rings (SSSR count). The lowest BCUT2D eigenvalue weighted by Gasteiger charge is -2.53. The summed E-state index contributed by atoms with van der Waals surface area (Å²) < 4.78 is 6.09. The van der Waals surface area contributed by atoms with Gasteiger partial charge in [0.15, 0.2) is 0 Å². The normalized spacial score (nSPS) is 25.9. The fraction of sp³-hybridized carbons (Fsp3) is 0.485. The fourth-order valence-electron chi connectivity index (χ4n) is 7.81. The molecule has 41 heavy (non-hydrogen) atoms. The minimum absolute atomic E-state index is 0.112. The van der Waals surface area contributed by atoms with Crippen LogP contribution in [0.5, 0.6) is 0 Å². The van der Waals surface area contributed by atoms with Crippen molar-refractivity contribution in [2.24, 2.45) is 23.7 Å². The maximum Gasteiger partial charge on any atom is 0.408 e. The van der Waals surface area contributed by atoms with Crippen LogP contribution in [0.3, 0.4) is 0 Å². The summed E-state index contributed by atoms with van der Waals surface area (Å²) in [6.45, 7) is 1.73. The van der Waals surface area contributed by atoms with Crippen molar-refractivity contribution in [1.82, 2.24) is 15.2 Å².